The molecule has 0 saturated heterocycles. The number of carbonyl (C=O) groups is 3. The van der Waals surface area contributed by atoms with Crippen LogP contribution in [-0.4, -0.2) is 41.3 Å². The SMILES string of the molecule is CC1CCCC(NC(=O)OCC2c3ccccc3-c3ccccc32)(C(=O)NC(C(=O)O)C2CC2)C1. The average Bonchev–Trinajstić information content (AvgIpc) is 3.63. The largest absolute Gasteiger partial charge is 0.480 e. The number of aliphatic carboxylic acids is 1. The van der Waals surface area contributed by atoms with Crippen LogP contribution in [0.25, 0.3) is 11.1 Å². The number of carboxylic acids is 1. The van der Waals surface area contributed by atoms with Gasteiger partial charge in [-0.25, -0.2) is 9.59 Å². The van der Waals surface area contributed by atoms with Gasteiger partial charge in [-0.1, -0.05) is 68.3 Å². The summed E-state index contributed by atoms with van der Waals surface area (Å²) in [5.74, 6) is -1.33. The standard InChI is InChI=1S/C28H32N2O5/c1-17-7-6-14-28(15-17,26(33)29-24(25(31)32)18-12-13-18)30-27(34)35-16-23-21-10-4-2-8-19(21)20-9-3-5-11-22(20)23/h2-5,8-11,17-18,23-24H,6-7,12-16H2,1H3,(H,29,33)(H,30,34)(H,31,32). The Bertz CT molecular complexity index is 1100. The molecule has 184 valence electrons. The summed E-state index contributed by atoms with van der Waals surface area (Å²) in [6, 6.07) is 15.3. The lowest BCUT2D eigenvalue weighted by atomic mass is 9.75. The summed E-state index contributed by atoms with van der Waals surface area (Å²) in [4.78, 5) is 38.1. The first kappa shape index (κ1) is 23.4. The number of amides is 2. The summed E-state index contributed by atoms with van der Waals surface area (Å²) in [5, 5.41) is 15.2. The highest BCUT2D eigenvalue weighted by atomic mass is 16.5. The van der Waals surface area contributed by atoms with Crippen molar-refractivity contribution in [1.29, 1.82) is 0 Å². The van der Waals surface area contributed by atoms with E-state index in [-0.39, 0.29) is 24.4 Å². The van der Waals surface area contributed by atoms with Gasteiger partial charge >= 0.3 is 12.1 Å². The lowest BCUT2D eigenvalue weighted by Gasteiger charge is -2.39. The van der Waals surface area contributed by atoms with Crippen molar-refractivity contribution >= 4 is 18.0 Å². The number of ether oxygens (including phenoxy) is 1. The summed E-state index contributed by atoms with van der Waals surface area (Å²) >= 11 is 0. The van der Waals surface area contributed by atoms with Gasteiger partial charge in [0.15, 0.2) is 0 Å². The van der Waals surface area contributed by atoms with Crippen LogP contribution in [0.4, 0.5) is 4.79 Å². The van der Waals surface area contributed by atoms with E-state index in [0.29, 0.717) is 12.8 Å². The molecule has 2 fully saturated rings. The Labute approximate surface area is 205 Å². The van der Waals surface area contributed by atoms with Crippen molar-refractivity contribution in [2.24, 2.45) is 11.8 Å². The van der Waals surface area contributed by atoms with Gasteiger partial charge in [0.1, 0.15) is 18.2 Å². The molecule has 3 unspecified atom stereocenters. The molecular formula is C28H32N2O5. The van der Waals surface area contributed by atoms with Gasteiger partial charge < -0.3 is 20.5 Å². The number of carboxylic acid groups (broad SMARTS) is 1. The first-order chi connectivity index (χ1) is 16.9. The number of hydrogen-bond donors (Lipinski definition) is 3. The van der Waals surface area contributed by atoms with Crippen LogP contribution >= 0.6 is 0 Å². The Morgan fingerprint density at radius 3 is 2.23 bits per heavy atom. The van der Waals surface area contributed by atoms with Crippen LogP contribution in [-0.2, 0) is 14.3 Å². The molecule has 0 radical (unpaired) electrons. The zero-order valence-corrected chi connectivity index (χ0v) is 20.0. The maximum absolute atomic E-state index is 13.4. The fourth-order valence-electron chi connectivity index (χ4n) is 5.85. The third-order valence-electron chi connectivity index (χ3n) is 7.76. The maximum atomic E-state index is 13.4. The molecule has 0 heterocycles. The zero-order chi connectivity index (χ0) is 24.6. The second kappa shape index (κ2) is 9.36. The lowest BCUT2D eigenvalue weighted by molar-refractivity contribution is -0.144. The molecule has 7 heteroatoms. The highest BCUT2D eigenvalue weighted by molar-refractivity contribution is 5.93. The lowest BCUT2D eigenvalue weighted by Crippen LogP contribution is -2.63. The van der Waals surface area contributed by atoms with Gasteiger partial charge in [0, 0.05) is 5.92 Å². The molecule has 5 rings (SSSR count). The molecule has 7 nitrogen and oxygen atoms in total. The maximum Gasteiger partial charge on any atom is 0.408 e. The van der Waals surface area contributed by atoms with Crippen LogP contribution in [0.3, 0.4) is 0 Å². The third kappa shape index (κ3) is 4.64. The fourth-order valence-corrected chi connectivity index (χ4v) is 5.85. The molecule has 0 bridgehead atoms. The first-order valence-corrected chi connectivity index (χ1v) is 12.5. The van der Waals surface area contributed by atoms with E-state index in [4.69, 9.17) is 4.74 Å². The number of hydrogen-bond acceptors (Lipinski definition) is 4. The van der Waals surface area contributed by atoms with Gasteiger partial charge in [-0.15, -0.1) is 0 Å². The minimum Gasteiger partial charge on any atom is -0.480 e. The van der Waals surface area contributed by atoms with E-state index in [0.717, 1.165) is 47.9 Å². The smallest absolute Gasteiger partial charge is 0.408 e. The van der Waals surface area contributed by atoms with Crippen molar-refractivity contribution < 1.29 is 24.2 Å². The van der Waals surface area contributed by atoms with Crippen LogP contribution in [0.1, 0.15) is 62.5 Å². The number of fused-ring (bicyclic) bond motifs is 3. The number of rotatable bonds is 7. The van der Waals surface area contributed by atoms with Gasteiger partial charge in [-0.2, -0.15) is 0 Å². The van der Waals surface area contributed by atoms with Crippen LogP contribution in [0.5, 0.6) is 0 Å². The molecule has 0 aliphatic heterocycles. The third-order valence-corrected chi connectivity index (χ3v) is 7.76. The fraction of sp³-hybridized carbons (Fsp3) is 0.464. The van der Waals surface area contributed by atoms with E-state index in [1.165, 1.54) is 0 Å². The quantitative estimate of drug-likeness (QED) is 0.548. The van der Waals surface area contributed by atoms with Gasteiger partial charge in [0.05, 0.1) is 0 Å². The van der Waals surface area contributed by atoms with Crippen molar-refractivity contribution in [3.63, 3.8) is 0 Å². The normalized spacial score (nSPS) is 24.1. The Hall–Kier alpha value is -3.35. The Morgan fingerprint density at radius 1 is 1.03 bits per heavy atom. The monoisotopic (exact) mass is 476 g/mol. The molecule has 0 spiro atoms. The summed E-state index contributed by atoms with van der Waals surface area (Å²) < 4.78 is 5.72. The number of nitrogens with one attached hydrogen (secondary N) is 2. The summed E-state index contributed by atoms with van der Waals surface area (Å²) in [6.07, 6.45) is 3.60. The molecular weight excluding hydrogens is 444 g/mol. The summed E-state index contributed by atoms with van der Waals surface area (Å²) in [5.41, 5.74) is 3.37. The molecule has 2 aromatic rings. The molecule has 2 amide bonds. The highest BCUT2D eigenvalue weighted by Gasteiger charge is 2.47. The van der Waals surface area contributed by atoms with E-state index >= 15 is 0 Å². The second-order valence-corrected chi connectivity index (χ2v) is 10.4. The number of alkyl carbamates (subject to hydrolysis) is 1. The zero-order valence-electron chi connectivity index (χ0n) is 20.0. The average molecular weight is 477 g/mol. The van der Waals surface area contributed by atoms with Gasteiger partial charge in [0.2, 0.25) is 5.91 Å². The van der Waals surface area contributed by atoms with E-state index in [1.54, 1.807) is 0 Å². The Morgan fingerprint density at radius 2 is 1.66 bits per heavy atom. The van der Waals surface area contributed by atoms with Crippen molar-refractivity contribution in [2.75, 3.05) is 6.61 Å². The van der Waals surface area contributed by atoms with Crippen LogP contribution in [0.15, 0.2) is 48.5 Å². The predicted molar refractivity (Wildman–Crippen MR) is 131 cm³/mol. The van der Waals surface area contributed by atoms with E-state index in [9.17, 15) is 19.5 Å². The Balaban J connectivity index is 1.30. The molecule has 3 atom stereocenters. The topological polar surface area (TPSA) is 105 Å². The van der Waals surface area contributed by atoms with Gasteiger partial charge in [-0.05, 0) is 59.8 Å². The first-order valence-electron chi connectivity index (χ1n) is 12.5. The molecule has 2 aromatic carbocycles. The Kier molecular flexibility index (Phi) is 6.26. The molecule has 2 saturated carbocycles. The van der Waals surface area contributed by atoms with E-state index in [1.807, 2.05) is 24.3 Å². The van der Waals surface area contributed by atoms with Gasteiger partial charge in [-0.3, -0.25) is 4.79 Å². The van der Waals surface area contributed by atoms with Crippen molar-refractivity contribution in [2.45, 2.75) is 62.9 Å². The van der Waals surface area contributed by atoms with Crippen molar-refractivity contribution in [3.8, 4) is 11.1 Å². The van der Waals surface area contributed by atoms with Crippen LogP contribution in [0, 0.1) is 11.8 Å². The second-order valence-electron chi connectivity index (χ2n) is 10.4. The van der Waals surface area contributed by atoms with E-state index < -0.39 is 29.6 Å². The number of benzene rings is 2. The van der Waals surface area contributed by atoms with Gasteiger partial charge in [0.25, 0.3) is 0 Å². The van der Waals surface area contributed by atoms with E-state index in [2.05, 4.69) is 41.8 Å². The predicted octanol–water partition coefficient (Wildman–Crippen LogP) is 4.45. The number of carbonyl (C=O) groups excluding carboxylic acids is 2. The molecule has 3 N–H and O–H groups in total. The molecule has 3 aliphatic carbocycles. The highest BCUT2D eigenvalue weighted by Crippen LogP contribution is 2.44. The minimum absolute atomic E-state index is 0.0380. The van der Waals surface area contributed by atoms with Crippen LogP contribution < -0.4 is 10.6 Å². The summed E-state index contributed by atoms with van der Waals surface area (Å²) in [7, 11) is 0. The molecule has 35 heavy (non-hydrogen) atoms. The van der Waals surface area contributed by atoms with Crippen molar-refractivity contribution in [1.82, 2.24) is 10.6 Å². The summed E-state index contributed by atoms with van der Waals surface area (Å²) in [6.45, 7) is 2.21. The van der Waals surface area contributed by atoms with Crippen LogP contribution in [0.2, 0.25) is 0 Å². The molecule has 3 aliphatic rings. The molecule has 0 aromatic heterocycles. The van der Waals surface area contributed by atoms with Crippen molar-refractivity contribution in [3.05, 3.63) is 59.7 Å². The minimum atomic E-state index is -1.16.